The summed E-state index contributed by atoms with van der Waals surface area (Å²) in [5.41, 5.74) is 6.92. The molecule has 2 aromatic rings. The number of benzene rings is 1. The fraction of sp³-hybridized carbons (Fsp3) is 0.520. The number of hydrogen-bond acceptors (Lipinski definition) is 9. The summed E-state index contributed by atoms with van der Waals surface area (Å²) in [4.78, 5) is 26.9. The predicted molar refractivity (Wildman–Crippen MR) is 154 cm³/mol. The maximum Gasteiger partial charge on any atom is 0.414 e. The average Bonchev–Trinajstić information content (AvgIpc) is 3.52. The van der Waals surface area contributed by atoms with Crippen LogP contribution < -0.4 is 30.3 Å². The number of hydrogen-bond donors (Lipinski definition) is 3. The quantitative estimate of drug-likeness (QED) is 0.286. The molecule has 2 aliphatic heterocycles. The molecule has 3 heterocycles. The Morgan fingerprint density at radius 1 is 1.30 bits per heavy atom. The summed E-state index contributed by atoms with van der Waals surface area (Å²) >= 11 is 8.91. The van der Waals surface area contributed by atoms with Gasteiger partial charge in [-0.3, -0.25) is 9.69 Å². The van der Waals surface area contributed by atoms with Crippen LogP contribution in [0.3, 0.4) is 0 Å². The zero-order valence-electron chi connectivity index (χ0n) is 21.3. The molecule has 0 bridgehead atoms. The van der Waals surface area contributed by atoms with Gasteiger partial charge in [-0.05, 0) is 82.5 Å². The predicted octanol–water partition coefficient (Wildman–Crippen LogP) is 4.36. The van der Waals surface area contributed by atoms with E-state index < -0.39 is 12.2 Å². The normalized spacial score (nSPS) is 17.2. The van der Waals surface area contributed by atoms with Gasteiger partial charge in [-0.15, -0.1) is 11.3 Å². The summed E-state index contributed by atoms with van der Waals surface area (Å²) in [6.07, 6.45) is 2.59. The smallest absolute Gasteiger partial charge is 0.414 e. The van der Waals surface area contributed by atoms with Gasteiger partial charge in [0.25, 0.3) is 5.91 Å². The van der Waals surface area contributed by atoms with Gasteiger partial charge in [0.2, 0.25) is 0 Å². The van der Waals surface area contributed by atoms with E-state index in [-0.39, 0.29) is 12.5 Å². The maximum absolute atomic E-state index is 12.6. The topological polar surface area (TPSA) is 109 Å². The Bertz CT molecular complexity index is 1010. The highest BCUT2D eigenvalue weighted by atomic mass is 35.5. The Hall–Kier alpha value is -2.18. The fourth-order valence-electron chi connectivity index (χ4n) is 3.79. The summed E-state index contributed by atoms with van der Waals surface area (Å²) in [6, 6.07) is 9.26. The van der Waals surface area contributed by atoms with E-state index in [9.17, 15) is 9.59 Å². The van der Waals surface area contributed by atoms with Crippen LogP contribution in [0.5, 0.6) is 5.75 Å². The van der Waals surface area contributed by atoms with Gasteiger partial charge in [0.1, 0.15) is 11.9 Å². The lowest BCUT2D eigenvalue weighted by Crippen LogP contribution is -2.34. The third-order valence-electron chi connectivity index (χ3n) is 5.62. The monoisotopic (exact) mass is 569 g/mol. The summed E-state index contributed by atoms with van der Waals surface area (Å²) in [5, 5.41) is 5.80. The summed E-state index contributed by atoms with van der Waals surface area (Å²) in [5.74, 6) is 1.53. The molecule has 0 spiro atoms. The summed E-state index contributed by atoms with van der Waals surface area (Å²) < 4.78 is 14.2. The van der Waals surface area contributed by atoms with E-state index in [1.807, 2.05) is 44.1 Å². The minimum atomic E-state index is -0.446. The van der Waals surface area contributed by atoms with Gasteiger partial charge >= 0.3 is 6.09 Å². The summed E-state index contributed by atoms with van der Waals surface area (Å²) in [6.45, 7) is 5.81. The van der Waals surface area contributed by atoms with Crippen molar-refractivity contribution >= 4 is 58.3 Å². The van der Waals surface area contributed by atoms with Gasteiger partial charge in [-0.25, -0.2) is 4.79 Å². The molecule has 2 saturated heterocycles. The highest BCUT2D eigenvalue weighted by Gasteiger charge is 2.34. The number of cyclic esters (lactones) is 1. The van der Waals surface area contributed by atoms with Crippen molar-refractivity contribution in [3.8, 4) is 5.75 Å². The number of carbonyl (C=O) groups excluding carboxylic acids is 2. The second-order valence-corrected chi connectivity index (χ2v) is 11.2. The molecular weight excluding hydrogens is 534 g/mol. The zero-order valence-corrected chi connectivity index (χ0v) is 23.7. The highest BCUT2D eigenvalue weighted by Crippen LogP contribution is 2.37. The molecule has 2 fully saturated rings. The van der Waals surface area contributed by atoms with E-state index in [1.54, 1.807) is 17.0 Å². The first-order valence-corrected chi connectivity index (χ1v) is 14.6. The molecule has 1 atom stereocenters. The first kappa shape index (κ1) is 29.4. The lowest BCUT2D eigenvalue weighted by Gasteiger charge is -2.28. The molecule has 2 aliphatic rings. The largest absolute Gasteiger partial charge is 0.492 e. The number of ether oxygens (including phenoxy) is 2. The molecule has 1 aromatic heterocycles. The molecule has 12 heteroatoms. The molecule has 4 rings (SSSR count). The van der Waals surface area contributed by atoms with Crippen LogP contribution in [0.25, 0.3) is 0 Å². The van der Waals surface area contributed by atoms with Gasteiger partial charge in [-0.1, -0.05) is 11.6 Å². The molecule has 2 amide bonds. The third kappa shape index (κ3) is 8.68. The highest BCUT2D eigenvalue weighted by molar-refractivity contribution is 8.00. The lowest BCUT2D eigenvalue weighted by atomic mass is 10.2. The molecule has 0 saturated carbocycles. The number of thiophene rings is 1. The molecule has 37 heavy (non-hydrogen) atoms. The van der Waals surface area contributed by atoms with E-state index in [0.717, 1.165) is 37.5 Å². The minimum Gasteiger partial charge on any atom is -0.492 e. The Kier molecular flexibility index (Phi) is 12.1. The Balaban J connectivity index is 0.000000568. The van der Waals surface area contributed by atoms with Gasteiger partial charge in [-0.2, -0.15) is 0 Å². The summed E-state index contributed by atoms with van der Waals surface area (Å²) in [7, 11) is 1.93. The number of amides is 2. The molecule has 9 nitrogen and oxygen atoms in total. The molecule has 4 N–H and O–H groups in total. The molecule has 1 unspecified atom stereocenters. The van der Waals surface area contributed by atoms with Gasteiger partial charge in [0.05, 0.1) is 40.3 Å². The molecule has 1 aromatic carbocycles. The van der Waals surface area contributed by atoms with Gasteiger partial charge in [0.15, 0.2) is 0 Å². The number of nitrogens with two attached hydrogens (primary N) is 1. The number of nitrogens with one attached hydrogen (secondary N) is 2. The number of carbonyl (C=O) groups is 2. The van der Waals surface area contributed by atoms with Crippen molar-refractivity contribution in [1.29, 1.82) is 0 Å². The van der Waals surface area contributed by atoms with Crippen molar-refractivity contribution in [2.75, 3.05) is 61.3 Å². The maximum atomic E-state index is 12.6. The number of halogens is 1. The van der Waals surface area contributed by atoms with E-state index in [2.05, 4.69) is 14.9 Å². The Morgan fingerprint density at radius 3 is 2.76 bits per heavy atom. The number of anilines is 2. The van der Waals surface area contributed by atoms with Crippen molar-refractivity contribution in [3.63, 3.8) is 0 Å². The van der Waals surface area contributed by atoms with Crippen molar-refractivity contribution < 1.29 is 19.1 Å². The van der Waals surface area contributed by atoms with Crippen LogP contribution in [0.4, 0.5) is 16.2 Å². The SMILES string of the molecule is CCOc1cc(N2CCCCS2)ccc1N1CC(CNC(=O)c2ccc(Cl)s2)OC1=O.CNCCCN. The van der Waals surface area contributed by atoms with Gasteiger partial charge < -0.3 is 30.1 Å². The van der Waals surface area contributed by atoms with Crippen LogP contribution in [-0.4, -0.2) is 70.2 Å². The first-order valence-electron chi connectivity index (χ1n) is 12.5. The van der Waals surface area contributed by atoms with Crippen molar-refractivity contribution in [1.82, 2.24) is 10.6 Å². The number of rotatable bonds is 10. The van der Waals surface area contributed by atoms with E-state index in [4.69, 9.17) is 26.8 Å². The van der Waals surface area contributed by atoms with Crippen LogP contribution in [0.15, 0.2) is 30.3 Å². The van der Waals surface area contributed by atoms with E-state index in [1.165, 1.54) is 24.2 Å². The van der Waals surface area contributed by atoms with Crippen LogP contribution >= 0.6 is 34.9 Å². The number of nitrogens with zero attached hydrogens (tertiary/aromatic N) is 2. The standard InChI is InChI=1S/C21H24ClN3O4S2.C4H12N2/c1-2-28-17-11-14(25-9-3-4-10-30-25)5-6-16(17)24-13-15(29-21(24)27)12-23-20(26)18-7-8-19(22)31-18;1-6-4-2-3-5/h5-8,11,15H,2-4,9-10,12-13H2,1H3,(H,23,26);6H,2-5H2,1H3. The van der Waals surface area contributed by atoms with Crippen LogP contribution in [0.1, 0.15) is 35.9 Å². The van der Waals surface area contributed by atoms with Crippen molar-refractivity contribution in [2.24, 2.45) is 5.73 Å². The Labute approximate surface area is 232 Å². The third-order valence-corrected chi connectivity index (χ3v) is 8.02. The molecule has 0 aliphatic carbocycles. The lowest BCUT2D eigenvalue weighted by molar-refractivity contribution is 0.0920. The molecule has 0 radical (unpaired) electrons. The van der Waals surface area contributed by atoms with Crippen LogP contribution in [0, 0.1) is 0 Å². The van der Waals surface area contributed by atoms with E-state index >= 15 is 0 Å². The second kappa shape index (κ2) is 15.3. The minimum absolute atomic E-state index is 0.225. The van der Waals surface area contributed by atoms with E-state index in [0.29, 0.717) is 33.8 Å². The molecular formula is C25H36ClN5O4S2. The second-order valence-electron chi connectivity index (χ2n) is 8.40. The first-order chi connectivity index (χ1) is 18.0. The van der Waals surface area contributed by atoms with Crippen molar-refractivity contribution in [3.05, 3.63) is 39.5 Å². The van der Waals surface area contributed by atoms with Gasteiger partial charge in [0, 0.05) is 18.4 Å². The van der Waals surface area contributed by atoms with Crippen LogP contribution in [0.2, 0.25) is 4.34 Å². The fourth-order valence-corrected chi connectivity index (χ4v) is 5.82. The molecule has 204 valence electrons. The average molecular weight is 570 g/mol. The Morgan fingerprint density at radius 2 is 2.14 bits per heavy atom. The van der Waals surface area contributed by atoms with Crippen molar-refractivity contribution in [2.45, 2.75) is 32.3 Å². The zero-order chi connectivity index (χ0) is 26.6. The van der Waals surface area contributed by atoms with Crippen LogP contribution in [-0.2, 0) is 4.74 Å².